The maximum absolute atomic E-state index is 10.9. The third-order valence-electron chi connectivity index (χ3n) is 4.34. The molecule has 0 bridgehead atoms. The zero-order chi connectivity index (χ0) is 20.2. The van der Waals surface area contributed by atoms with Crippen LogP contribution in [0.3, 0.4) is 0 Å². The minimum atomic E-state index is -4.46. The van der Waals surface area contributed by atoms with Gasteiger partial charge in [-0.25, -0.2) is 0 Å². The fourth-order valence-corrected chi connectivity index (χ4v) is 3.13. The molecule has 6 heteroatoms. The Kier molecular flexibility index (Phi) is 17.3. The molecule has 0 spiro atoms. The Bertz CT molecular complexity index is 520. The van der Waals surface area contributed by atoms with Gasteiger partial charge in [-0.1, -0.05) is 90.0 Å². The van der Waals surface area contributed by atoms with Gasteiger partial charge >= 0.3 is 10.1 Å². The second kappa shape index (κ2) is 18.1. The molecule has 0 aliphatic rings. The smallest absolute Gasteiger partial charge is 0.280 e. The summed E-state index contributed by atoms with van der Waals surface area (Å²) in [6.45, 7) is 2.23. The van der Waals surface area contributed by atoms with Gasteiger partial charge in [0, 0.05) is 18.8 Å². The molecule has 0 aromatic carbocycles. The normalized spacial score (nSPS) is 10.9. The number of hydrogen-bond acceptors (Lipinski definition) is 4. The van der Waals surface area contributed by atoms with Crippen LogP contribution in [0.2, 0.25) is 0 Å². The molecular weight excluding hydrogens is 362 g/mol. The number of unbranched alkanes of at least 4 members (excludes halogenated alkanes) is 12. The van der Waals surface area contributed by atoms with E-state index >= 15 is 0 Å². The highest BCUT2D eigenvalue weighted by atomic mass is 32.2. The maximum atomic E-state index is 10.9. The topological polar surface area (TPSA) is 84.3 Å². The Morgan fingerprint density at radius 3 is 1.44 bits per heavy atom. The van der Waals surface area contributed by atoms with Crippen molar-refractivity contribution in [3.05, 3.63) is 30.6 Å². The average molecular weight is 400 g/mol. The number of carbonyl (C=O) groups excluding carboxylic acids is 1. The molecule has 0 saturated heterocycles. The van der Waals surface area contributed by atoms with Gasteiger partial charge in [-0.2, -0.15) is 8.42 Å². The molecule has 5 nitrogen and oxygen atoms in total. The zero-order valence-corrected chi connectivity index (χ0v) is 17.6. The predicted octanol–water partition coefficient (Wildman–Crippen LogP) is 5.96. The highest BCUT2D eigenvalue weighted by Gasteiger charge is 2.16. The Morgan fingerprint density at radius 1 is 0.741 bits per heavy atom. The van der Waals surface area contributed by atoms with Crippen LogP contribution in [0.25, 0.3) is 0 Å². The first-order chi connectivity index (χ1) is 13.0. The molecule has 0 amide bonds. The van der Waals surface area contributed by atoms with Crippen LogP contribution in [0.15, 0.2) is 30.6 Å². The molecule has 156 valence electrons. The van der Waals surface area contributed by atoms with E-state index in [0.29, 0.717) is 6.42 Å². The van der Waals surface area contributed by atoms with Crippen molar-refractivity contribution in [2.24, 2.45) is 0 Å². The summed E-state index contributed by atoms with van der Waals surface area (Å²) in [4.78, 5) is 14.7. The lowest BCUT2D eigenvalue weighted by Crippen LogP contribution is -2.12. The SMILES string of the molecule is CCCCCCCCCCCCCCCC(=O)S(=O)(=O)O.c1ccncc1. The molecule has 0 aliphatic heterocycles. The Morgan fingerprint density at radius 2 is 1.15 bits per heavy atom. The number of aromatic nitrogens is 1. The van der Waals surface area contributed by atoms with Gasteiger partial charge in [0.05, 0.1) is 0 Å². The number of pyridine rings is 1. The van der Waals surface area contributed by atoms with Crippen LogP contribution < -0.4 is 0 Å². The van der Waals surface area contributed by atoms with E-state index < -0.39 is 15.2 Å². The van der Waals surface area contributed by atoms with Gasteiger partial charge in [-0.3, -0.25) is 14.3 Å². The summed E-state index contributed by atoms with van der Waals surface area (Å²) >= 11 is 0. The first-order valence-electron chi connectivity index (χ1n) is 10.3. The van der Waals surface area contributed by atoms with E-state index in [1.807, 2.05) is 18.2 Å². The summed E-state index contributed by atoms with van der Waals surface area (Å²) in [5.41, 5.74) is 0. The Labute approximate surface area is 165 Å². The highest BCUT2D eigenvalue weighted by Crippen LogP contribution is 2.13. The van der Waals surface area contributed by atoms with Gasteiger partial charge in [0.1, 0.15) is 0 Å². The van der Waals surface area contributed by atoms with Crippen molar-refractivity contribution in [2.75, 3.05) is 0 Å². The van der Waals surface area contributed by atoms with Gasteiger partial charge in [0.25, 0.3) is 5.12 Å². The predicted molar refractivity (Wildman–Crippen MR) is 111 cm³/mol. The van der Waals surface area contributed by atoms with E-state index in [9.17, 15) is 13.2 Å². The van der Waals surface area contributed by atoms with E-state index in [-0.39, 0.29) is 6.42 Å². The van der Waals surface area contributed by atoms with E-state index in [1.165, 1.54) is 57.8 Å². The number of hydrogen-bond donors (Lipinski definition) is 1. The third kappa shape index (κ3) is 19.3. The van der Waals surface area contributed by atoms with Crippen LogP contribution in [0.1, 0.15) is 96.8 Å². The average Bonchev–Trinajstić information content (AvgIpc) is 2.66. The summed E-state index contributed by atoms with van der Waals surface area (Å²) in [7, 11) is -4.46. The zero-order valence-electron chi connectivity index (χ0n) is 16.8. The van der Waals surface area contributed by atoms with Gasteiger partial charge in [-0.15, -0.1) is 0 Å². The van der Waals surface area contributed by atoms with Crippen molar-refractivity contribution in [3.8, 4) is 0 Å². The van der Waals surface area contributed by atoms with Gasteiger partial charge in [0.2, 0.25) is 0 Å². The number of carbonyl (C=O) groups is 1. The first kappa shape index (κ1) is 25.7. The van der Waals surface area contributed by atoms with Crippen LogP contribution in [0.4, 0.5) is 0 Å². The lowest BCUT2D eigenvalue weighted by molar-refractivity contribution is -0.112. The molecule has 0 radical (unpaired) electrons. The van der Waals surface area contributed by atoms with Crippen molar-refractivity contribution in [3.63, 3.8) is 0 Å². The molecular formula is C21H37NO4S. The monoisotopic (exact) mass is 399 g/mol. The lowest BCUT2D eigenvalue weighted by Gasteiger charge is -2.02. The maximum Gasteiger partial charge on any atom is 0.328 e. The molecule has 0 saturated carbocycles. The van der Waals surface area contributed by atoms with Crippen molar-refractivity contribution >= 4 is 15.2 Å². The second-order valence-corrected chi connectivity index (χ2v) is 8.27. The first-order valence-corrected chi connectivity index (χ1v) is 11.8. The minimum absolute atomic E-state index is 0.0589. The third-order valence-corrected chi connectivity index (χ3v) is 5.12. The summed E-state index contributed by atoms with van der Waals surface area (Å²) in [6.07, 6.45) is 19.0. The highest BCUT2D eigenvalue weighted by molar-refractivity contribution is 8.01. The number of nitrogens with zero attached hydrogens (tertiary/aromatic N) is 1. The number of rotatable bonds is 14. The van der Waals surface area contributed by atoms with Crippen molar-refractivity contribution in [1.29, 1.82) is 0 Å². The lowest BCUT2D eigenvalue weighted by atomic mass is 10.0. The molecule has 27 heavy (non-hydrogen) atoms. The van der Waals surface area contributed by atoms with Crippen LogP contribution in [0, 0.1) is 0 Å². The Balaban J connectivity index is 0.000000941. The molecule has 1 aromatic heterocycles. The van der Waals surface area contributed by atoms with Gasteiger partial charge < -0.3 is 0 Å². The standard InChI is InChI=1S/C16H32O4S.C5H5N/c1-2-3-4-5-6-7-8-9-10-11-12-13-14-15-16(17)21(18,19)20;1-2-4-6-5-3-1/h2-15H2,1H3,(H,18,19,20);1-5H. The van der Waals surface area contributed by atoms with Crippen LogP contribution >= 0.6 is 0 Å². The van der Waals surface area contributed by atoms with Crippen molar-refractivity contribution in [1.82, 2.24) is 4.98 Å². The van der Waals surface area contributed by atoms with E-state index in [2.05, 4.69) is 11.9 Å². The minimum Gasteiger partial charge on any atom is -0.280 e. The Hall–Kier alpha value is -1.27. The van der Waals surface area contributed by atoms with Crippen LogP contribution in [-0.4, -0.2) is 23.1 Å². The summed E-state index contributed by atoms with van der Waals surface area (Å²) in [5, 5.41) is -1.05. The van der Waals surface area contributed by atoms with Crippen molar-refractivity contribution in [2.45, 2.75) is 96.8 Å². The largest absolute Gasteiger partial charge is 0.328 e. The molecule has 1 N–H and O–H groups in total. The summed E-state index contributed by atoms with van der Waals surface area (Å²) < 4.78 is 29.5. The van der Waals surface area contributed by atoms with Crippen LogP contribution in [-0.2, 0) is 14.9 Å². The molecule has 0 fully saturated rings. The summed E-state index contributed by atoms with van der Waals surface area (Å²) in [5.74, 6) is 0. The summed E-state index contributed by atoms with van der Waals surface area (Å²) in [6, 6.07) is 5.72. The molecule has 1 rings (SSSR count). The molecule has 1 heterocycles. The molecule has 1 aromatic rings. The molecule has 0 atom stereocenters. The molecule has 0 unspecified atom stereocenters. The fraction of sp³-hybridized carbons (Fsp3) is 0.714. The molecule has 0 aliphatic carbocycles. The van der Waals surface area contributed by atoms with Gasteiger partial charge in [-0.05, 0) is 18.6 Å². The quantitative estimate of drug-likeness (QED) is 0.308. The van der Waals surface area contributed by atoms with E-state index in [0.717, 1.165) is 19.3 Å². The van der Waals surface area contributed by atoms with E-state index in [4.69, 9.17) is 4.55 Å². The van der Waals surface area contributed by atoms with Gasteiger partial charge in [0.15, 0.2) is 0 Å². The fourth-order valence-electron chi connectivity index (χ4n) is 2.73. The van der Waals surface area contributed by atoms with Crippen LogP contribution in [0.5, 0.6) is 0 Å². The van der Waals surface area contributed by atoms with E-state index in [1.54, 1.807) is 12.4 Å². The second-order valence-electron chi connectivity index (χ2n) is 6.86. The van der Waals surface area contributed by atoms with Crippen molar-refractivity contribution < 1.29 is 17.8 Å².